The summed E-state index contributed by atoms with van der Waals surface area (Å²) in [6.45, 7) is 15.8. The van der Waals surface area contributed by atoms with Gasteiger partial charge >= 0.3 is 0 Å². The van der Waals surface area contributed by atoms with E-state index in [-0.39, 0.29) is 20.1 Å². The summed E-state index contributed by atoms with van der Waals surface area (Å²) in [7, 11) is 0.674. The Labute approximate surface area is 286 Å². The molecule has 0 fully saturated rings. The van der Waals surface area contributed by atoms with Gasteiger partial charge in [-0.1, -0.05) is 81.2 Å². The molecule has 0 aliphatic rings. The molecule has 0 saturated carbocycles. The fraction of sp³-hybridized carbons (Fsp3) is 0.256. The van der Waals surface area contributed by atoms with E-state index in [2.05, 4.69) is 91.5 Å². The molecule has 5 nitrogen and oxygen atoms in total. The SMILES string of the molecule is CC(C)Cc1cc(-c2[c-]cccc2)ncc1[Si](C)(C)C.Cc1c[c-]c(-c2nc3ccnc(C)c3n2C)c2oc3ccccc3c12.[Ir]. The number of nitrogens with zero attached hydrogens (tertiary/aromatic N) is 4. The van der Waals surface area contributed by atoms with Crippen molar-refractivity contribution < 1.29 is 24.5 Å². The fourth-order valence-corrected chi connectivity index (χ4v) is 7.74. The first kappa shape index (κ1) is 33.5. The van der Waals surface area contributed by atoms with Crippen LogP contribution in [0.5, 0.6) is 0 Å². The van der Waals surface area contributed by atoms with Crippen molar-refractivity contribution >= 4 is 46.2 Å². The predicted molar refractivity (Wildman–Crippen MR) is 190 cm³/mol. The molecule has 7 heteroatoms. The zero-order chi connectivity index (χ0) is 31.9. The molecule has 0 saturated heterocycles. The van der Waals surface area contributed by atoms with Gasteiger partial charge in [0.05, 0.1) is 36.2 Å². The quantitative estimate of drug-likeness (QED) is 0.129. The van der Waals surface area contributed by atoms with Gasteiger partial charge in [-0.15, -0.1) is 53.6 Å². The van der Waals surface area contributed by atoms with Gasteiger partial charge in [-0.25, -0.2) is 0 Å². The standard InChI is InChI=1S/C21H16N3O.C18H24NSi.Ir/c1-12-8-9-15(20-18(12)14-6-4-5-7-17(14)25-20)21-23-16-10-11-22-13(2)19(16)24(21)3;1-14(2)11-16-12-17(15-9-7-6-8-10-15)19-13-18(16)20(3,4)5;/h4-8,10-11H,1-3H3;6-9,12-14H,11H2,1-5H3;/q2*-1;. The molecule has 4 heterocycles. The van der Waals surface area contributed by atoms with E-state index in [1.807, 2.05) is 62.5 Å². The van der Waals surface area contributed by atoms with Crippen LogP contribution in [0.25, 0.3) is 55.6 Å². The molecule has 46 heavy (non-hydrogen) atoms. The van der Waals surface area contributed by atoms with Crippen LogP contribution < -0.4 is 5.19 Å². The third-order valence-corrected chi connectivity index (χ3v) is 10.3. The van der Waals surface area contributed by atoms with E-state index in [1.54, 1.807) is 6.20 Å². The van der Waals surface area contributed by atoms with E-state index in [1.165, 1.54) is 10.8 Å². The molecule has 0 amide bonds. The second kappa shape index (κ2) is 13.4. The Balaban J connectivity index is 0.000000182. The van der Waals surface area contributed by atoms with E-state index in [4.69, 9.17) is 9.40 Å². The minimum Gasteiger partial charge on any atom is -0.501 e. The smallest absolute Gasteiger partial charge is 0.120 e. The Hall–Kier alpha value is -3.90. The summed E-state index contributed by atoms with van der Waals surface area (Å²) in [5.41, 5.74) is 10.3. The Morgan fingerprint density at radius 1 is 0.957 bits per heavy atom. The Morgan fingerprint density at radius 2 is 1.72 bits per heavy atom. The second-order valence-corrected chi connectivity index (χ2v) is 18.3. The summed E-state index contributed by atoms with van der Waals surface area (Å²) in [5, 5.41) is 3.75. The first-order valence-corrected chi connectivity index (χ1v) is 19.1. The Bertz CT molecular complexity index is 2140. The monoisotopic (exact) mass is 801 g/mol. The Kier molecular flexibility index (Phi) is 9.78. The number of rotatable bonds is 5. The van der Waals surface area contributed by atoms with Crippen molar-refractivity contribution in [2.24, 2.45) is 13.0 Å². The van der Waals surface area contributed by atoms with Crippen LogP contribution in [0.2, 0.25) is 19.6 Å². The molecule has 0 unspecified atom stereocenters. The minimum atomic E-state index is -1.34. The summed E-state index contributed by atoms with van der Waals surface area (Å²) in [6, 6.07) is 29.1. The third-order valence-electron chi connectivity index (χ3n) is 8.25. The van der Waals surface area contributed by atoms with Crippen molar-refractivity contribution in [2.75, 3.05) is 0 Å². The first-order valence-electron chi connectivity index (χ1n) is 15.6. The topological polar surface area (TPSA) is 56.7 Å². The number of aryl methyl sites for hydroxylation is 3. The first-order chi connectivity index (χ1) is 21.5. The van der Waals surface area contributed by atoms with Gasteiger partial charge in [-0.3, -0.25) is 9.97 Å². The van der Waals surface area contributed by atoms with Crippen molar-refractivity contribution in [1.82, 2.24) is 19.5 Å². The van der Waals surface area contributed by atoms with Crippen molar-refractivity contribution in [3.05, 3.63) is 108 Å². The summed E-state index contributed by atoms with van der Waals surface area (Å²) in [4.78, 5) is 13.9. The van der Waals surface area contributed by atoms with Gasteiger partial charge in [0.2, 0.25) is 0 Å². The molecule has 7 aromatic rings. The molecule has 237 valence electrons. The minimum absolute atomic E-state index is 0. The normalized spacial score (nSPS) is 11.6. The molecule has 0 spiro atoms. The molecule has 0 atom stereocenters. The van der Waals surface area contributed by atoms with Crippen LogP contribution >= 0.6 is 0 Å². The molecule has 0 aliphatic heterocycles. The molecule has 4 aromatic heterocycles. The van der Waals surface area contributed by atoms with E-state index in [0.29, 0.717) is 5.92 Å². The van der Waals surface area contributed by atoms with Crippen LogP contribution in [-0.4, -0.2) is 27.6 Å². The Morgan fingerprint density at radius 3 is 2.41 bits per heavy atom. The number of imidazole rings is 1. The maximum absolute atomic E-state index is 6.20. The molecular formula is C39H40IrN4OSi-2. The summed E-state index contributed by atoms with van der Waals surface area (Å²) < 4.78 is 8.27. The number of hydrogen-bond acceptors (Lipinski definition) is 4. The zero-order valence-electron chi connectivity index (χ0n) is 27.8. The number of benzene rings is 3. The predicted octanol–water partition coefficient (Wildman–Crippen LogP) is 9.24. The molecule has 0 aliphatic carbocycles. The van der Waals surface area contributed by atoms with Gasteiger partial charge in [0.1, 0.15) is 5.58 Å². The van der Waals surface area contributed by atoms with E-state index in [9.17, 15) is 0 Å². The number of aromatic nitrogens is 4. The molecule has 3 aromatic carbocycles. The van der Waals surface area contributed by atoms with Gasteiger partial charge < -0.3 is 14.0 Å². The van der Waals surface area contributed by atoms with Crippen LogP contribution in [-0.2, 0) is 33.6 Å². The van der Waals surface area contributed by atoms with Crippen LogP contribution in [0.4, 0.5) is 0 Å². The van der Waals surface area contributed by atoms with Crippen LogP contribution in [0.3, 0.4) is 0 Å². The summed E-state index contributed by atoms with van der Waals surface area (Å²) in [5.74, 6) is 1.51. The fourth-order valence-electron chi connectivity index (χ4n) is 6.15. The number of fused-ring (bicyclic) bond motifs is 4. The maximum atomic E-state index is 6.20. The van der Waals surface area contributed by atoms with Gasteiger partial charge in [0.15, 0.2) is 0 Å². The van der Waals surface area contributed by atoms with Crippen molar-refractivity contribution in [1.29, 1.82) is 0 Å². The van der Waals surface area contributed by atoms with Gasteiger partial charge in [-0.05, 0) is 42.3 Å². The van der Waals surface area contributed by atoms with Crippen molar-refractivity contribution in [2.45, 2.75) is 53.8 Å². The van der Waals surface area contributed by atoms with Crippen LogP contribution in [0.1, 0.15) is 30.7 Å². The van der Waals surface area contributed by atoms with Crippen molar-refractivity contribution in [3.63, 3.8) is 0 Å². The van der Waals surface area contributed by atoms with Crippen LogP contribution in [0.15, 0.2) is 83.5 Å². The number of pyridine rings is 2. The van der Waals surface area contributed by atoms with Crippen molar-refractivity contribution in [3.8, 4) is 22.6 Å². The average Bonchev–Trinajstić information content (AvgIpc) is 3.56. The van der Waals surface area contributed by atoms with Gasteiger partial charge in [-0.2, -0.15) is 0 Å². The second-order valence-electron chi connectivity index (χ2n) is 13.3. The molecule has 7 rings (SSSR count). The van der Waals surface area contributed by atoms with Crippen LogP contribution in [0, 0.1) is 31.9 Å². The molecule has 0 bridgehead atoms. The van der Waals surface area contributed by atoms with E-state index >= 15 is 0 Å². The summed E-state index contributed by atoms with van der Waals surface area (Å²) in [6.07, 6.45) is 5.03. The molecular weight excluding hydrogens is 761 g/mol. The largest absolute Gasteiger partial charge is 0.501 e. The van der Waals surface area contributed by atoms with E-state index in [0.717, 1.165) is 73.3 Å². The average molecular weight is 801 g/mol. The zero-order valence-corrected chi connectivity index (χ0v) is 31.2. The van der Waals surface area contributed by atoms with E-state index < -0.39 is 8.07 Å². The summed E-state index contributed by atoms with van der Waals surface area (Å²) >= 11 is 0. The third kappa shape index (κ3) is 6.50. The van der Waals surface area contributed by atoms with Gasteiger partial charge in [0.25, 0.3) is 0 Å². The van der Waals surface area contributed by atoms with Gasteiger partial charge in [0, 0.05) is 44.9 Å². The maximum Gasteiger partial charge on any atom is 0.120 e. The number of hydrogen-bond donors (Lipinski definition) is 0. The number of furan rings is 1. The molecule has 0 N–H and O–H groups in total. The number of para-hydroxylation sites is 1. The molecule has 1 radical (unpaired) electrons.